The van der Waals surface area contributed by atoms with Crippen molar-refractivity contribution >= 4 is 13.3 Å². The first-order valence-electron chi connectivity index (χ1n) is 3.37. The molecule has 8 heteroatoms. The Kier molecular flexibility index (Phi) is 5.53. The van der Waals surface area contributed by atoms with Gasteiger partial charge in [0.2, 0.25) is 0 Å². The highest BCUT2D eigenvalue weighted by Crippen LogP contribution is 2.06. The molecular weight excluding hydrogens is 191 g/mol. The summed E-state index contributed by atoms with van der Waals surface area (Å²) in [5.41, 5.74) is 4.63. The van der Waals surface area contributed by atoms with Crippen LogP contribution in [0.1, 0.15) is 20.8 Å². The summed E-state index contributed by atoms with van der Waals surface area (Å²) in [4.78, 5) is 10.1. The number of hydrogen-bond acceptors (Lipinski definition) is 1. The SMILES string of the molecule is CC(C)(C)NC(N)=O.F[B-](F)(F)F. The molecule has 3 N–H and O–H groups in total. The highest BCUT2D eigenvalue weighted by molar-refractivity contribution is 6.50. The monoisotopic (exact) mass is 203 g/mol. The van der Waals surface area contributed by atoms with Crippen molar-refractivity contribution in [1.29, 1.82) is 0 Å². The molecule has 0 rings (SSSR count). The quantitative estimate of drug-likeness (QED) is 0.457. The molecule has 0 radical (unpaired) electrons. The molecule has 0 saturated heterocycles. The van der Waals surface area contributed by atoms with E-state index in [2.05, 4.69) is 5.32 Å². The van der Waals surface area contributed by atoms with E-state index in [4.69, 9.17) is 5.73 Å². The predicted molar refractivity (Wildman–Crippen MR) is 42.7 cm³/mol. The van der Waals surface area contributed by atoms with Gasteiger partial charge in [-0.05, 0) is 20.8 Å². The van der Waals surface area contributed by atoms with Gasteiger partial charge in [-0.25, -0.2) is 4.79 Å². The Balaban J connectivity index is 0. The molecule has 0 fully saturated rings. The van der Waals surface area contributed by atoms with Gasteiger partial charge in [-0.3, -0.25) is 0 Å². The van der Waals surface area contributed by atoms with E-state index in [-0.39, 0.29) is 5.54 Å². The summed E-state index contributed by atoms with van der Waals surface area (Å²) < 4.78 is 39.0. The number of nitrogens with two attached hydrogens (primary N) is 1. The van der Waals surface area contributed by atoms with Crippen LogP contribution in [0.3, 0.4) is 0 Å². The van der Waals surface area contributed by atoms with Crippen molar-refractivity contribution in [3.63, 3.8) is 0 Å². The van der Waals surface area contributed by atoms with Gasteiger partial charge >= 0.3 is 13.3 Å². The van der Waals surface area contributed by atoms with Crippen LogP contribution in [-0.2, 0) is 0 Å². The second kappa shape index (κ2) is 4.93. The zero-order valence-electron chi connectivity index (χ0n) is 7.57. The Morgan fingerprint density at radius 3 is 1.46 bits per heavy atom. The van der Waals surface area contributed by atoms with Crippen molar-refractivity contribution in [2.45, 2.75) is 26.3 Å². The Labute approximate surface area is 73.8 Å². The molecule has 0 heterocycles. The normalized spacial score (nSPS) is 11.3. The second-order valence-corrected chi connectivity index (χ2v) is 3.23. The minimum absolute atomic E-state index is 0.203. The molecule has 0 unspecified atom stereocenters. The van der Waals surface area contributed by atoms with Crippen molar-refractivity contribution in [1.82, 2.24) is 5.32 Å². The third-order valence-electron chi connectivity index (χ3n) is 0.498. The second-order valence-electron chi connectivity index (χ2n) is 3.23. The molecule has 0 atom stereocenters. The van der Waals surface area contributed by atoms with Gasteiger partial charge in [-0.15, -0.1) is 0 Å². The molecule has 0 aromatic carbocycles. The number of nitrogens with one attached hydrogen (secondary N) is 1. The summed E-state index contributed by atoms with van der Waals surface area (Å²) >= 11 is 0. The Bertz CT molecular complexity index is 159. The average Bonchev–Trinajstić information content (AvgIpc) is 1.47. The van der Waals surface area contributed by atoms with E-state index in [0.29, 0.717) is 0 Å². The first-order valence-corrected chi connectivity index (χ1v) is 3.37. The largest absolute Gasteiger partial charge is 0.673 e. The summed E-state index contributed by atoms with van der Waals surface area (Å²) in [5, 5.41) is 2.52. The van der Waals surface area contributed by atoms with Gasteiger partial charge < -0.3 is 28.3 Å². The minimum atomic E-state index is -6.00. The Morgan fingerprint density at radius 1 is 1.23 bits per heavy atom. The number of carbonyl (C=O) groups excluding carboxylic acids is 1. The van der Waals surface area contributed by atoms with Crippen LogP contribution in [0.2, 0.25) is 0 Å². The lowest BCUT2D eigenvalue weighted by Gasteiger charge is -2.17. The molecule has 3 nitrogen and oxygen atoms in total. The van der Waals surface area contributed by atoms with Crippen LogP contribution >= 0.6 is 0 Å². The number of hydrogen-bond donors (Lipinski definition) is 2. The molecule has 0 aliphatic heterocycles. The Hall–Kier alpha value is -0.945. The fraction of sp³-hybridized carbons (Fsp3) is 0.800. The van der Waals surface area contributed by atoms with E-state index in [9.17, 15) is 22.1 Å². The van der Waals surface area contributed by atoms with Gasteiger partial charge in [-0.1, -0.05) is 0 Å². The van der Waals surface area contributed by atoms with Gasteiger partial charge in [0.1, 0.15) is 0 Å². The maximum atomic E-state index is 10.1. The third kappa shape index (κ3) is 55.1. The average molecular weight is 203 g/mol. The van der Waals surface area contributed by atoms with Crippen molar-refractivity contribution < 1.29 is 22.1 Å². The third-order valence-corrected chi connectivity index (χ3v) is 0.498. The number of urea groups is 1. The predicted octanol–water partition coefficient (Wildman–Crippen LogP) is 1.75. The number of rotatable bonds is 0. The summed E-state index contributed by atoms with van der Waals surface area (Å²) in [6.45, 7) is 5.62. The molecule has 0 aliphatic rings. The number of carbonyl (C=O) groups is 1. The summed E-state index contributed by atoms with van der Waals surface area (Å²) in [5.74, 6) is 0. The molecule has 0 aromatic heterocycles. The molecule has 0 saturated carbocycles. The molecule has 13 heavy (non-hydrogen) atoms. The first kappa shape index (κ1) is 14.6. The molecule has 0 aliphatic carbocycles. The van der Waals surface area contributed by atoms with Crippen LogP contribution in [0.15, 0.2) is 0 Å². The van der Waals surface area contributed by atoms with Crippen LogP contribution in [0, 0.1) is 0 Å². The van der Waals surface area contributed by atoms with Crippen molar-refractivity contribution in [3.05, 3.63) is 0 Å². The fourth-order valence-electron chi connectivity index (χ4n) is 0.370. The van der Waals surface area contributed by atoms with Gasteiger partial charge in [0.25, 0.3) is 0 Å². The lowest BCUT2D eigenvalue weighted by Crippen LogP contribution is -2.43. The zero-order valence-corrected chi connectivity index (χ0v) is 7.57. The summed E-state index contributed by atoms with van der Waals surface area (Å²) in [6, 6.07) is -0.475. The van der Waals surface area contributed by atoms with Crippen molar-refractivity contribution in [3.8, 4) is 0 Å². The molecule has 0 aromatic rings. The lowest BCUT2D eigenvalue weighted by molar-refractivity contribution is 0.240. The summed E-state index contributed by atoms with van der Waals surface area (Å²) in [6.07, 6.45) is 0. The Morgan fingerprint density at radius 2 is 1.46 bits per heavy atom. The standard InChI is InChI=1S/C5H12N2O.BF4/c1-5(2,3)7-4(6)8;2-1(3,4)5/h1-3H3,(H3,6,7,8);/q;-1. The van der Waals surface area contributed by atoms with Crippen LogP contribution < -0.4 is 11.1 Å². The first-order chi connectivity index (χ1) is 5.42. The van der Waals surface area contributed by atoms with Crippen molar-refractivity contribution in [2.75, 3.05) is 0 Å². The number of halogens is 4. The topological polar surface area (TPSA) is 55.1 Å². The van der Waals surface area contributed by atoms with E-state index < -0.39 is 13.3 Å². The fourth-order valence-corrected chi connectivity index (χ4v) is 0.370. The van der Waals surface area contributed by atoms with Crippen LogP contribution in [0.5, 0.6) is 0 Å². The smallest absolute Gasteiger partial charge is 0.418 e. The minimum Gasteiger partial charge on any atom is -0.418 e. The van der Waals surface area contributed by atoms with E-state index in [0.717, 1.165) is 0 Å². The molecule has 0 bridgehead atoms. The number of amides is 2. The molecule has 0 spiro atoms. The number of primary amides is 1. The van der Waals surface area contributed by atoms with E-state index >= 15 is 0 Å². The van der Waals surface area contributed by atoms with E-state index in [1.54, 1.807) is 0 Å². The molecule has 2 amide bonds. The van der Waals surface area contributed by atoms with Gasteiger partial charge in [0.15, 0.2) is 0 Å². The maximum Gasteiger partial charge on any atom is 0.673 e. The van der Waals surface area contributed by atoms with Crippen molar-refractivity contribution in [2.24, 2.45) is 5.73 Å². The zero-order chi connectivity index (χ0) is 11.3. The van der Waals surface area contributed by atoms with Crippen LogP contribution in [0.25, 0.3) is 0 Å². The van der Waals surface area contributed by atoms with Gasteiger partial charge in [-0.2, -0.15) is 0 Å². The van der Waals surface area contributed by atoms with Gasteiger partial charge in [0, 0.05) is 5.54 Å². The van der Waals surface area contributed by atoms with E-state index in [1.807, 2.05) is 20.8 Å². The van der Waals surface area contributed by atoms with Crippen LogP contribution in [-0.4, -0.2) is 18.8 Å². The van der Waals surface area contributed by atoms with E-state index in [1.165, 1.54) is 0 Å². The maximum absolute atomic E-state index is 10.1. The van der Waals surface area contributed by atoms with Gasteiger partial charge in [0.05, 0.1) is 0 Å². The molecular formula is C5H12BF4N2O-. The molecule has 80 valence electrons. The summed E-state index contributed by atoms with van der Waals surface area (Å²) in [7, 11) is -6.00. The highest BCUT2D eigenvalue weighted by atomic mass is 19.5. The van der Waals surface area contributed by atoms with Crippen LogP contribution in [0.4, 0.5) is 22.1 Å². The highest BCUT2D eigenvalue weighted by Gasteiger charge is 2.20. The lowest BCUT2D eigenvalue weighted by atomic mass is 10.1.